The predicted molar refractivity (Wildman–Crippen MR) is 87.4 cm³/mol. The van der Waals surface area contributed by atoms with Gasteiger partial charge in [0.25, 0.3) is 0 Å². The number of nitrogens with two attached hydrogens (primary N) is 1. The van der Waals surface area contributed by atoms with Crippen molar-refractivity contribution in [3.8, 4) is 5.75 Å². The van der Waals surface area contributed by atoms with Crippen molar-refractivity contribution in [3.05, 3.63) is 51.0 Å². The lowest BCUT2D eigenvalue weighted by atomic mass is 10.2. The number of benzene rings is 1. The van der Waals surface area contributed by atoms with Crippen LogP contribution >= 0.6 is 11.3 Å². The number of hydrogen-bond donors (Lipinski definition) is 3. The number of carbonyl (C=O) groups excluding carboxylic acids is 1. The van der Waals surface area contributed by atoms with Gasteiger partial charge in [0.15, 0.2) is 11.6 Å². The molecule has 1 aromatic heterocycles. The Morgan fingerprint density at radius 1 is 1.38 bits per heavy atom. The minimum Gasteiger partial charge on any atom is -0.481 e. The molecule has 0 spiro atoms. The van der Waals surface area contributed by atoms with Crippen molar-refractivity contribution >= 4 is 29.1 Å². The number of ether oxygens (including phenoxy) is 1. The molecule has 0 saturated heterocycles. The largest absolute Gasteiger partial charge is 0.481 e. The topological polar surface area (TPSA) is 113 Å². The molecular weight excluding hydrogens is 335 g/mol. The highest BCUT2D eigenvalue weighted by atomic mass is 32.1. The zero-order valence-electron chi connectivity index (χ0n) is 12.8. The van der Waals surface area contributed by atoms with Crippen LogP contribution in [0.1, 0.15) is 32.1 Å². The van der Waals surface area contributed by atoms with Gasteiger partial charge in [0, 0.05) is 10.4 Å². The van der Waals surface area contributed by atoms with E-state index in [2.05, 4.69) is 0 Å². The minimum atomic E-state index is -0.917. The zero-order chi connectivity index (χ0) is 17.9. The Morgan fingerprint density at radius 2 is 2.08 bits per heavy atom. The molecule has 0 aliphatic heterocycles. The Labute approximate surface area is 141 Å². The van der Waals surface area contributed by atoms with Crippen molar-refractivity contribution in [2.75, 3.05) is 0 Å². The smallest absolute Gasteiger partial charge is 0.353 e. The number of carboxylic acid groups (broad SMARTS) is 1. The number of halogens is 1. The summed E-state index contributed by atoms with van der Waals surface area (Å²) in [6.07, 6.45) is 0.289. The van der Waals surface area contributed by atoms with Crippen LogP contribution in [0.15, 0.2) is 24.3 Å². The highest BCUT2D eigenvalue weighted by Gasteiger charge is 2.17. The maximum atomic E-state index is 13.9. The van der Waals surface area contributed by atoms with Gasteiger partial charge in [-0.15, -0.1) is 11.3 Å². The molecule has 126 valence electrons. The molecule has 1 heterocycles. The van der Waals surface area contributed by atoms with Crippen molar-refractivity contribution in [1.82, 2.24) is 0 Å². The van der Waals surface area contributed by atoms with E-state index in [1.165, 1.54) is 12.1 Å². The van der Waals surface area contributed by atoms with Crippen LogP contribution in [0.2, 0.25) is 0 Å². The Bertz CT molecular complexity index is 816. The maximum Gasteiger partial charge on any atom is 0.353 e. The molecule has 0 amide bonds. The van der Waals surface area contributed by atoms with E-state index in [1.54, 1.807) is 13.0 Å². The molecule has 1 aromatic carbocycles. The molecule has 24 heavy (non-hydrogen) atoms. The molecular formula is C16H15FN2O4S. The van der Waals surface area contributed by atoms with Gasteiger partial charge in [-0.05, 0) is 43.2 Å². The summed E-state index contributed by atoms with van der Waals surface area (Å²) in [7, 11) is 0. The first-order valence-electron chi connectivity index (χ1n) is 6.95. The van der Waals surface area contributed by atoms with Crippen molar-refractivity contribution < 1.29 is 23.8 Å². The lowest BCUT2D eigenvalue weighted by molar-refractivity contribution is -0.136. The summed E-state index contributed by atoms with van der Waals surface area (Å²) in [6.45, 7) is 1.77. The molecule has 0 saturated carbocycles. The average Bonchev–Trinajstić information content (AvgIpc) is 2.88. The Morgan fingerprint density at radius 3 is 2.67 bits per heavy atom. The third-order valence-corrected chi connectivity index (χ3v) is 4.51. The fourth-order valence-electron chi connectivity index (χ4n) is 1.99. The van der Waals surface area contributed by atoms with E-state index in [0.29, 0.717) is 6.42 Å². The number of amidine groups is 1. The molecule has 0 aliphatic rings. The summed E-state index contributed by atoms with van der Waals surface area (Å²) in [4.78, 5) is 23.8. The SMILES string of the molecule is Cc1cc(C(=O)Oc2ccc(C(=N)N)cc2F)sc1CCC(=O)O. The maximum absolute atomic E-state index is 13.9. The van der Waals surface area contributed by atoms with Crippen LogP contribution in [0.5, 0.6) is 5.75 Å². The van der Waals surface area contributed by atoms with Crippen molar-refractivity contribution in [2.24, 2.45) is 5.73 Å². The standard InChI is InChI=1S/C16H15FN2O4S/c1-8-6-13(24-12(8)4-5-14(20)21)16(22)23-11-3-2-9(15(18)19)7-10(11)17/h2-3,6-7H,4-5H2,1H3,(H3,18,19)(H,20,21). The van der Waals surface area contributed by atoms with Gasteiger partial charge in [-0.1, -0.05) is 0 Å². The second-order valence-electron chi connectivity index (χ2n) is 5.06. The Balaban J connectivity index is 2.14. The van der Waals surface area contributed by atoms with Gasteiger partial charge in [0.05, 0.1) is 6.42 Å². The molecule has 4 N–H and O–H groups in total. The number of carboxylic acids is 1. The summed E-state index contributed by atoms with van der Waals surface area (Å²) in [5.41, 5.74) is 6.25. The van der Waals surface area contributed by atoms with E-state index in [0.717, 1.165) is 27.8 Å². The van der Waals surface area contributed by atoms with E-state index in [-0.39, 0.29) is 28.4 Å². The third-order valence-electron chi connectivity index (χ3n) is 3.23. The lowest BCUT2D eigenvalue weighted by Gasteiger charge is -2.05. The number of hydrogen-bond acceptors (Lipinski definition) is 5. The average molecular weight is 350 g/mol. The van der Waals surface area contributed by atoms with Gasteiger partial charge >= 0.3 is 11.9 Å². The first kappa shape index (κ1) is 17.6. The van der Waals surface area contributed by atoms with Crippen molar-refractivity contribution in [3.63, 3.8) is 0 Å². The molecule has 0 radical (unpaired) electrons. The van der Waals surface area contributed by atoms with Crippen LogP contribution in [-0.4, -0.2) is 22.9 Å². The Hall–Kier alpha value is -2.74. The normalized spacial score (nSPS) is 10.4. The summed E-state index contributed by atoms with van der Waals surface area (Å²) < 4.78 is 18.9. The van der Waals surface area contributed by atoms with E-state index in [9.17, 15) is 14.0 Å². The van der Waals surface area contributed by atoms with E-state index < -0.39 is 17.8 Å². The fourth-order valence-corrected chi connectivity index (χ4v) is 3.04. The molecule has 0 fully saturated rings. The fraction of sp³-hybridized carbons (Fsp3) is 0.188. The predicted octanol–water partition coefficient (Wildman–Crippen LogP) is 2.72. The quantitative estimate of drug-likeness (QED) is 0.321. The molecule has 0 atom stereocenters. The Kier molecular flexibility index (Phi) is 5.30. The van der Waals surface area contributed by atoms with E-state index >= 15 is 0 Å². The van der Waals surface area contributed by atoms with Crippen LogP contribution in [0.4, 0.5) is 4.39 Å². The molecule has 2 aromatic rings. The molecule has 0 aliphatic carbocycles. The van der Waals surface area contributed by atoms with Gasteiger partial charge in [-0.3, -0.25) is 10.2 Å². The molecule has 0 unspecified atom stereocenters. The van der Waals surface area contributed by atoms with Crippen LogP contribution in [-0.2, 0) is 11.2 Å². The summed E-state index contributed by atoms with van der Waals surface area (Å²) >= 11 is 1.13. The number of nitrogen functional groups attached to an aromatic ring is 1. The van der Waals surface area contributed by atoms with Gasteiger partial charge in [0.1, 0.15) is 10.7 Å². The number of esters is 1. The summed E-state index contributed by atoms with van der Waals surface area (Å²) in [5.74, 6) is -2.99. The minimum absolute atomic E-state index is 0.0308. The number of aliphatic carboxylic acids is 1. The second kappa shape index (κ2) is 7.22. The van der Waals surface area contributed by atoms with Gasteiger partial charge in [0.2, 0.25) is 0 Å². The third kappa shape index (κ3) is 4.17. The number of nitrogens with one attached hydrogen (secondary N) is 1. The highest BCUT2D eigenvalue weighted by Crippen LogP contribution is 2.26. The number of rotatable bonds is 6. The van der Waals surface area contributed by atoms with Gasteiger partial charge in [-0.25, -0.2) is 9.18 Å². The van der Waals surface area contributed by atoms with Crippen LogP contribution < -0.4 is 10.5 Å². The van der Waals surface area contributed by atoms with Crippen molar-refractivity contribution in [1.29, 1.82) is 5.41 Å². The summed E-state index contributed by atoms with van der Waals surface area (Å²) in [5, 5.41) is 16.0. The molecule has 6 nitrogen and oxygen atoms in total. The highest BCUT2D eigenvalue weighted by molar-refractivity contribution is 7.14. The number of thiophene rings is 1. The molecule has 0 bridgehead atoms. The summed E-state index contributed by atoms with van der Waals surface area (Å²) in [6, 6.07) is 5.22. The van der Waals surface area contributed by atoms with Crippen molar-refractivity contribution in [2.45, 2.75) is 19.8 Å². The van der Waals surface area contributed by atoms with Gasteiger partial charge < -0.3 is 15.6 Å². The first-order chi connectivity index (χ1) is 11.3. The number of carbonyl (C=O) groups is 2. The van der Waals surface area contributed by atoms with E-state index in [4.69, 9.17) is 21.0 Å². The lowest BCUT2D eigenvalue weighted by Crippen LogP contribution is -2.12. The molecule has 8 heteroatoms. The van der Waals surface area contributed by atoms with E-state index in [1.807, 2.05) is 0 Å². The van der Waals surface area contributed by atoms with Crippen LogP contribution in [0, 0.1) is 18.2 Å². The van der Waals surface area contributed by atoms with Crippen LogP contribution in [0.3, 0.4) is 0 Å². The second-order valence-corrected chi connectivity index (χ2v) is 6.20. The van der Waals surface area contributed by atoms with Crippen LogP contribution in [0.25, 0.3) is 0 Å². The monoisotopic (exact) mass is 350 g/mol. The zero-order valence-corrected chi connectivity index (χ0v) is 13.6. The first-order valence-corrected chi connectivity index (χ1v) is 7.76. The molecule has 2 rings (SSSR count). The van der Waals surface area contributed by atoms with Gasteiger partial charge in [-0.2, -0.15) is 0 Å². The number of aryl methyl sites for hydroxylation is 2.